The van der Waals surface area contributed by atoms with Gasteiger partial charge in [-0.1, -0.05) is 120 Å². The van der Waals surface area contributed by atoms with Gasteiger partial charge in [0.15, 0.2) is 11.0 Å². The summed E-state index contributed by atoms with van der Waals surface area (Å²) in [6.45, 7) is 2.08. The molecule has 1 heterocycles. The van der Waals surface area contributed by atoms with Gasteiger partial charge in [-0.2, -0.15) is 0 Å². The summed E-state index contributed by atoms with van der Waals surface area (Å²) in [4.78, 5) is 13.0. The van der Waals surface area contributed by atoms with Crippen LogP contribution in [-0.2, 0) is 11.2 Å². The first-order valence-corrected chi connectivity index (χ1v) is 14.2. The number of aromatic nitrogens is 3. The van der Waals surface area contributed by atoms with Crippen LogP contribution in [0.2, 0.25) is 0 Å². The van der Waals surface area contributed by atoms with Crippen molar-refractivity contribution in [3.63, 3.8) is 0 Å². The molecule has 0 aliphatic heterocycles. The second kappa shape index (κ2) is 13.1. The first-order chi connectivity index (χ1) is 19.2. The maximum Gasteiger partial charge on any atom is 0.220 e. The molecule has 196 valence electrons. The van der Waals surface area contributed by atoms with Gasteiger partial charge in [0.2, 0.25) is 5.91 Å². The monoisotopic (exact) mass is 532 g/mol. The molecule has 39 heavy (non-hydrogen) atoms. The number of aryl methyl sites for hydroxylation is 1. The second-order valence-electron chi connectivity index (χ2n) is 9.52. The van der Waals surface area contributed by atoms with Crippen LogP contribution in [0, 0.1) is 6.92 Å². The zero-order chi connectivity index (χ0) is 26.9. The lowest BCUT2D eigenvalue weighted by Gasteiger charge is -2.19. The van der Waals surface area contributed by atoms with Gasteiger partial charge in [-0.25, -0.2) is 0 Å². The number of amides is 1. The third-order valence-electron chi connectivity index (χ3n) is 6.56. The molecule has 0 radical (unpaired) electrons. The SMILES string of the molecule is Cc1ccc(-c2nnc(SCCCC(=O)NC(Cc3ccccc3)c3ccccc3)n2-c2ccccc2)cc1. The van der Waals surface area contributed by atoms with Crippen LogP contribution in [-0.4, -0.2) is 26.4 Å². The maximum absolute atomic E-state index is 13.0. The number of hydrogen-bond acceptors (Lipinski definition) is 4. The highest BCUT2D eigenvalue weighted by atomic mass is 32.2. The Labute approximate surface area is 234 Å². The third-order valence-corrected chi connectivity index (χ3v) is 7.57. The summed E-state index contributed by atoms with van der Waals surface area (Å²) in [5.74, 6) is 1.64. The average molecular weight is 533 g/mol. The van der Waals surface area contributed by atoms with Crippen molar-refractivity contribution < 1.29 is 4.79 Å². The van der Waals surface area contributed by atoms with E-state index in [0.29, 0.717) is 6.42 Å². The van der Waals surface area contributed by atoms with Crippen LogP contribution in [0.25, 0.3) is 17.1 Å². The molecule has 0 bridgehead atoms. The van der Waals surface area contributed by atoms with E-state index >= 15 is 0 Å². The summed E-state index contributed by atoms with van der Waals surface area (Å²) >= 11 is 1.63. The Morgan fingerprint density at radius 2 is 1.46 bits per heavy atom. The number of hydrogen-bond donors (Lipinski definition) is 1. The van der Waals surface area contributed by atoms with Crippen LogP contribution in [0.3, 0.4) is 0 Å². The molecule has 4 aromatic carbocycles. The number of nitrogens with zero attached hydrogens (tertiary/aromatic N) is 3. The van der Waals surface area contributed by atoms with Gasteiger partial charge < -0.3 is 5.32 Å². The number of carbonyl (C=O) groups is 1. The molecule has 1 atom stereocenters. The van der Waals surface area contributed by atoms with E-state index in [-0.39, 0.29) is 11.9 Å². The van der Waals surface area contributed by atoms with Gasteiger partial charge in [0, 0.05) is 23.4 Å². The average Bonchev–Trinajstić information content (AvgIpc) is 3.41. The Kier molecular flexibility index (Phi) is 8.86. The van der Waals surface area contributed by atoms with Crippen LogP contribution in [0.15, 0.2) is 120 Å². The largest absolute Gasteiger partial charge is 0.349 e. The molecule has 1 N–H and O–H groups in total. The minimum Gasteiger partial charge on any atom is -0.349 e. The van der Waals surface area contributed by atoms with Gasteiger partial charge in [-0.3, -0.25) is 9.36 Å². The van der Waals surface area contributed by atoms with Gasteiger partial charge in [-0.05, 0) is 43.0 Å². The van der Waals surface area contributed by atoms with Crippen molar-refractivity contribution >= 4 is 17.7 Å². The second-order valence-corrected chi connectivity index (χ2v) is 10.6. The van der Waals surface area contributed by atoms with Crippen LogP contribution in [0.4, 0.5) is 0 Å². The van der Waals surface area contributed by atoms with E-state index in [9.17, 15) is 4.79 Å². The van der Waals surface area contributed by atoms with E-state index in [2.05, 4.69) is 87.7 Å². The number of rotatable bonds is 11. The summed E-state index contributed by atoms with van der Waals surface area (Å²) in [5, 5.41) is 13.1. The molecule has 0 fully saturated rings. The minimum atomic E-state index is -0.0630. The summed E-state index contributed by atoms with van der Waals surface area (Å²) in [6.07, 6.45) is 1.95. The first kappa shape index (κ1) is 26.4. The number of benzene rings is 4. The van der Waals surface area contributed by atoms with Crippen molar-refractivity contribution in [2.75, 3.05) is 5.75 Å². The van der Waals surface area contributed by atoms with Crippen LogP contribution in [0.1, 0.15) is 35.6 Å². The Morgan fingerprint density at radius 3 is 2.15 bits per heavy atom. The van der Waals surface area contributed by atoms with Crippen molar-refractivity contribution in [1.29, 1.82) is 0 Å². The summed E-state index contributed by atoms with van der Waals surface area (Å²) in [6, 6.07) is 38.9. The van der Waals surface area contributed by atoms with Crippen molar-refractivity contribution in [2.45, 2.75) is 37.4 Å². The normalized spacial score (nSPS) is 11.7. The highest BCUT2D eigenvalue weighted by molar-refractivity contribution is 7.99. The predicted molar refractivity (Wildman–Crippen MR) is 159 cm³/mol. The Bertz CT molecular complexity index is 1470. The lowest BCUT2D eigenvalue weighted by atomic mass is 9.98. The van der Waals surface area contributed by atoms with Gasteiger partial charge in [0.25, 0.3) is 0 Å². The maximum atomic E-state index is 13.0. The number of thioether (sulfide) groups is 1. The fraction of sp³-hybridized carbons (Fsp3) is 0.182. The van der Waals surface area contributed by atoms with Gasteiger partial charge in [0.05, 0.1) is 6.04 Å². The zero-order valence-electron chi connectivity index (χ0n) is 22.0. The fourth-order valence-electron chi connectivity index (χ4n) is 4.51. The molecule has 0 saturated carbocycles. The predicted octanol–water partition coefficient (Wildman–Crippen LogP) is 7.22. The molecule has 1 unspecified atom stereocenters. The van der Waals surface area contributed by atoms with Crippen LogP contribution < -0.4 is 5.32 Å². The number of carbonyl (C=O) groups excluding carboxylic acids is 1. The van der Waals surface area contributed by atoms with Crippen molar-refractivity contribution in [3.05, 3.63) is 132 Å². The molecule has 5 rings (SSSR count). The Morgan fingerprint density at radius 1 is 0.821 bits per heavy atom. The quantitative estimate of drug-likeness (QED) is 0.144. The van der Waals surface area contributed by atoms with Crippen molar-refractivity contribution in [1.82, 2.24) is 20.1 Å². The lowest BCUT2D eigenvalue weighted by Crippen LogP contribution is -2.29. The van der Waals surface area contributed by atoms with Crippen LogP contribution in [0.5, 0.6) is 0 Å². The first-order valence-electron chi connectivity index (χ1n) is 13.3. The molecule has 1 amide bonds. The molecular weight excluding hydrogens is 500 g/mol. The molecule has 1 aromatic heterocycles. The van der Waals surface area contributed by atoms with E-state index in [0.717, 1.165) is 46.4 Å². The molecule has 0 spiro atoms. The molecule has 5 aromatic rings. The molecule has 0 aliphatic rings. The molecule has 0 saturated heterocycles. The topological polar surface area (TPSA) is 59.8 Å². The lowest BCUT2D eigenvalue weighted by molar-refractivity contribution is -0.121. The van der Waals surface area contributed by atoms with E-state index in [1.807, 2.05) is 54.6 Å². The molecular formula is C33H32N4OS. The van der Waals surface area contributed by atoms with E-state index in [1.165, 1.54) is 11.1 Å². The third kappa shape index (κ3) is 7.03. The van der Waals surface area contributed by atoms with Crippen molar-refractivity contribution in [2.24, 2.45) is 0 Å². The highest BCUT2D eigenvalue weighted by Gasteiger charge is 2.18. The zero-order valence-corrected chi connectivity index (χ0v) is 22.9. The van der Waals surface area contributed by atoms with Crippen molar-refractivity contribution in [3.8, 4) is 17.1 Å². The molecule has 0 aliphatic carbocycles. The standard InChI is InChI=1S/C33H32N4OS/c1-25-19-21-28(22-20-25)32-35-36-33(37(32)29-16-9-4-10-17-29)39-23-11-18-31(38)34-30(27-14-7-3-8-15-27)24-26-12-5-2-6-13-26/h2-10,12-17,19-22,30H,11,18,23-24H2,1H3,(H,34,38). The Balaban J connectivity index is 1.23. The minimum absolute atomic E-state index is 0.0604. The Hall–Kier alpha value is -4.16. The smallest absolute Gasteiger partial charge is 0.220 e. The van der Waals surface area contributed by atoms with E-state index in [1.54, 1.807) is 11.8 Å². The van der Waals surface area contributed by atoms with E-state index in [4.69, 9.17) is 0 Å². The summed E-state index contributed by atoms with van der Waals surface area (Å²) in [5.41, 5.74) is 5.56. The number of nitrogens with one attached hydrogen (secondary N) is 1. The van der Waals surface area contributed by atoms with Gasteiger partial charge in [0.1, 0.15) is 0 Å². The molecule has 6 heteroatoms. The molecule has 5 nitrogen and oxygen atoms in total. The number of para-hydroxylation sites is 1. The van der Waals surface area contributed by atoms with E-state index < -0.39 is 0 Å². The summed E-state index contributed by atoms with van der Waals surface area (Å²) in [7, 11) is 0. The fourth-order valence-corrected chi connectivity index (χ4v) is 5.40. The highest BCUT2D eigenvalue weighted by Crippen LogP contribution is 2.28. The van der Waals surface area contributed by atoms with Crippen LogP contribution >= 0.6 is 11.8 Å². The van der Waals surface area contributed by atoms with Gasteiger partial charge in [-0.15, -0.1) is 10.2 Å². The summed E-state index contributed by atoms with van der Waals surface area (Å²) < 4.78 is 2.10. The van der Waals surface area contributed by atoms with Gasteiger partial charge >= 0.3 is 0 Å².